The summed E-state index contributed by atoms with van der Waals surface area (Å²) < 4.78 is 25.7. The smallest absolute Gasteiger partial charge is 0.206 e. The lowest BCUT2D eigenvalue weighted by molar-refractivity contribution is 0.596. The molecule has 0 fully saturated rings. The number of benzene rings is 2. The molecule has 2 N–H and O–H groups in total. The van der Waals surface area contributed by atoms with Crippen molar-refractivity contribution in [3.05, 3.63) is 48.5 Å². The molecule has 19 heavy (non-hydrogen) atoms. The summed E-state index contributed by atoms with van der Waals surface area (Å²) in [6, 6.07) is 13.2. The van der Waals surface area contributed by atoms with Crippen molar-refractivity contribution in [1.82, 2.24) is 4.98 Å². The van der Waals surface area contributed by atoms with Crippen LogP contribution in [0.1, 0.15) is 0 Å². The van der Waals surface area contributed by atoms with Crippen LogP contribution in [0.5, 0.6) is 0 Å². The quantitative estimate of drug-likeness (QED) is 0.787. The summed E-state index contributed by atoms with van der Waals surface area (Å²) in [4.78, 5) is 4.62. The Morgan fingerprint density at radius 3 is 2.47 bits per heavy atom. The normalized spacial score (nSPS) is 11.8. The van der Waals surface area contributed by atoms with Gasteiger partial charge in [-0.1, -0.05) is 29.5 Å². The predicted molar refractivity (Wildman–Crippen MR) is 75.9 cm³/mol. The number of aromatic nitrogens is 1. The fraction of sp³-hybridized carbons (Fsp3) is 0. The molecule has 0 aliphatic carbocycles. The first-order chi connectivity index (χ1) is 9.07. The first-order valence-corrected chi connectivity index (χ1v) is 7.83. The molecule has 96 valence electrons. The van der Waals surface area contributed by atoms with Crippen LogP contribution in [0.25, 0.3) is 10.2 Å². The Hall–Kier alpha value is -1.92. The van der Waals surface area contributed by atoms with E-state index in [1.54, 1.807) is 48.5 Å². The highest BCUT2D eigenvalue weighted by Gasteiger charge is 2.18. The van der Waals surface area contributed by atoms with Gasteiger partial charge in [0.2, 0.25) is 9.84 Å². The number of nitrogens with zero attached hydrogens (tertiary/aromatic N) is 1. The van der Waals surface area contributed by atoms with Crippen LogP contribution in [0.15, 0.2) is 58.3 Å². The van der Waals surface area contributed by atoms with Crippen LogP contribution < -0.4 is 5.73 Å². The molecule has 0 saturated carbocycles. The van der Waals surface area contributed by atoms with Gasteiger partial charge < -0.3 is 5.73 Å². The minimum Gasteiger partial charge on any atom is -0.375 e. The minimum absolute atomic E-state index is 0.233. The Bertz CT molecular complexity index is 839. The zero-order chi connectivity index (χ0) is 13.5. The van der Waals surface area contributed by atoms with E-state index < -0.39 is 9.84 Å². The average Bonchev–Trinajstić information content (AvgIpc) is 2.78. The van der Waals surface area contributed by atoms with Crippen LogP contribution in [0.4, 0.5) is 5.13 Å². The number of anilines is 1. The molecule has 0 atom stereocenters. The van der Waals surface area contributed by atoms with Gasteiger partial charge in [-0.15, -0.1) is 0 Å². The van der Waals surface area contributed by atoms with E-state index in [4.69, 9.17) is 5.73 Å². The third kappa shape index (κ3) is 2.09. The minimum atomic E-state index is -3.50. The highest BCUT2D eigenvalue weighted by atomic mass is 32.2. The van der Waals surface area contributed by atoms with E-state index in [0.29, 0.717) is 10.6 Å². The van der Waals surface area contributed by atoms with Gasteiger partial charge in [-0.3, -0.25) is 0 Å². The van der Waals surface area contributed by atoms with Gasteiger partial charge >= 0.3 is 0 Å². The van der Waals surface area contributed by atoms with Crippen LogP contribution >= 0.6 is 11.3 Å². The van der Waals surface area contributed by atoms with Crippen molar-refractivity contribution in [2.24, 2.45) is 0 Å². The summed E-state index contributed by atoms with van der Waals surface area (Å²) in [5, 5.41) is 0.434. The monoisotopic (exact) mass is 290 g/mol. The number of hydrogen-bond acceptors (Lipinski definition) is 5. The number of rotatable bonds is 2. The number of sulfone groups is 1. The molecular formula is C13H10N2O2S2. The van der Waals surface area contributed by atoms with Gasteiger partial charge in [-0.2, -0.15) is 0 Å². The standard InChI is InChI=1S/C13H10N2O2S2/c14-13-15-11-8-10(6-7-12(11)18-13)19(16,17)9-4-2-1-3-5-9/h1-8H,(H2,14,15). The number of nitrogen functional groups attached to an aromatic ring is 1. The highest BCUT2D eigenvalue weighted by molar-refractivity contribution is 7.91. The van der Waals surface area contributed by atoms with Gasteiger partial charge in [0.1, 0.15) is 0 Å². The van der Waals surface area contributed by atoms with E-state index in [2.05, 4.69) is 4.98 Å². The molecule has 0 radical (unpaired) electrons. The molecule has 0 spiro atoms. The lowest BCUT2D eigenvalue weighted by Gasteiger charge is -2.03. The van der Waals surface area contributed by atoms with E-state index in [9.17, 15) is 8.42 Å². The van der Waals surface area contributed by atoms with Gasteiger partial charge in [0.05, 0.1) is 20.0 Å². The van der Waals surface area contributed by atoms with Crippen molar-refractivity contribution in [3.63, 3.8) is 0 Å². The zero-order valence-electron chi connectivity index (χ0n) is 9.78. The molecule has 0 unspecified atom stereocenters. The molecule has 0 amide bonds. The van der Waals surface area contributed by atoms with Crippen LogP contribution in [-0.4, -0.2) is 13.4 Å². The summed E-state index contributed by atoms with van der Waals surface area (Å²) in [7, 11) is -3.50. The van der Waals surface area contributed by atoms with Gasteiger partial charge in [-0.25, -0.2) is 13.4 Å². The number of fused-ring (bicyclic) bond motifs is 1. The Labute approximate surface area is 114 Å². The van der Waals surface area contributed by atoms with Crippen molar-refractivity contribution in [3.8, 4) is 0 Å². The fourth-order valence-corrected chi connectivity index (χ4v) is 3.84. The molecule has 4 nitrogen and oxygen atoms in total. The Kier molecular flexibility index (Phi) is 2.76. The predicted octanol–water partition coefficient (Wildman–Crippen LogP) is 2.71. The SMILES string of the molecule is Nc1nc2cc(S(=O)(=O)c3ccccc3)ccc2s1. The molecule has 0 aliphatic rings. The second-order valence-corrected chi connectivity index (χ2v) is 7.01. The summed E-state index contributed by atoms with van der Waals surface area (Å²) in [5.74, 6) is 0. The number of nitrogens with two attached hydrogens (primary N) is 1. The maximum Gasteiger partial charge on any atom is 0.206 e. The fourth-order valence-electron chi connectivity index (χ4n) is 1.83. The first-order valence-electron chi connectivity index (χ1n) is 5.53. The maximum atomic E-state index is 12.4. The lowest BCUT2D eigenvalue weighted by Crippen LogP contribution is -2.01. The van der Waals surface area contributed by atoms with E-state index in [1.165, 1.54) is 11.3 Å². The second kappa shape index (κ2) is 4.32. The van der Waals surface area contributed by atoms with Gasteiger partial charge in [0, 0.05) is 0 Å². The van der Waals surface area contributed by atoms with Gasteiger partial charge in [0.25, 0.3) is 0 Å². The second-order valence-electron chi connectivity index (χ2n) is 4.00. The molecule has 0 aliphatic heterocycles. The molecule has 3 rings (SSSR count). The van der Waals surface area contributed by atoms with Crippen LogP contribution in [0, 0.1) is 0 Å². The largest absolute Gasteiger partial charge is 0.375 e. The van der Waals surface area contributed by atoms with E-state index in [-0.39, 0.29) is 9.79 Å². The van der Waals surface area contributed by atoms with Crippen molar-refractivity contribution >= 4 is 36.5 Å². The third-order valence-electron chi connectivity index (χ3n) is 2.74. The molecular weight excluding hydrogens is 280 g/mol. The lowest BCUT2D eigenvalue weighted by atomic mass is 10.3. The number of hydrogen-bond donors (Lipinski definition) is 1. The van der Waals surface area contributed by atoms with Crippen LogP contribution in [0.3, 0.4) is 0 Å². The van der Waals surface area contributed by atoms with Crippen molar-refractivity contribution < 1.29 is 8.42 Å². The molecule has 0 bridgehead atoms. The van der Waals surface area contributed by atoms with Gasteiger partial charge in [-0.05, 0) is 30.3 Å². The average molecular weight is 290 g/mol. The Balaban J connectivity index is 2.18. The Morgan fingerprint density at radius 2 is 1.74 bits per heavy atom. The van der Waals surface area contributed by atoms with Crippen LogP contribution in [-0.2, 0) is 9.84 Å². The maximum absolute atomic E-state index is 12.4. The van der Waals surface area contributed by atoms with Gasteiger partial charge in [0.15, 0.2) is 5.13 Å². The zero-order valence-corrected chi connectivity index (χ0v) is 11.4. The highest BCUT2D eigenvalue weighted by Crippen LogP contribution is 2.28. The molecule has 3 aromatic rings. The van der Waals surface area contributed by atoms with E-state index >= 15 is 0 Å². The molecule has 1 heterocycles. The summed E-state index contributed by atoms with van der Waals surface area (Å²) in [6.07, 6.45) is 0. The van der Waals surface area contributed by atoms with E-state index in [0.717, 1.165) is 4.70 Å². The summed E-state index contributed by atoms with van der Waals surface area (Å²) in [5.41, 5.74) is 6.23. The molecule has 6 heteroatoms. The van der Waals surface area contributed by atoms with Crippen molar-refractivity contribution in [2.45, 2.75) is 9.79 Å². The van der Waals surface area contributed by atoms with Crippen LogP contribution in [0.2, 0.25) is 0 Å². The Morgan fingerprint density at radius 1 is 1.00 bits per heavy atom. The van der Waals surface area contributed by atoms with E-state index in [1.807, 2.05) is 0 Å². The summed E-state index contributed by atoms with van der Waals surface area (Å²) >= 11 is 1.34. The first kappa shape index (κ1) is 12.1. The van der Waals surface area contributed by atoms with Crippen molar-refractivity contribution in [1.29, 1.82) is 0 Å². The molecule has 1 aromatic heterocycles. The molecule has 2 aromatic carbocycles. The summed E-state index contributed by atoms with van der Waals surface area (Å²) in [6.45, 7) is 0. The number of thiazole rings is 1. The molecule has 0 saturated heterocycles. The third-order valence-corrected chi connectivity index (χ3v) is 5.37. The van der Waals surface area contributed by atoms with Crippen molar-refractivity contribution in [2.75, 3.05) is 5.73 Å². The topological polar surface area (TPSA) is 73.0 Å².